The summed E-state index contributed by atoms with van der Waals surface area (Å²) < 4.78 is 17.8. The molecule has 3 atom stereocenters. The van der Waals surface area contributed by atoms with E-state index in [0.717, 1.165) is 5.56 Å². The Kier molecular flexibility index (Phi) is 12.9. The minimum Gasteiger partial charge on any atom is -0.493 e. The lowest BCUT2D eigenvalue weighted by Crippen LogP contribution is -2.51. The van der Waals surface area contributed by atoms with Crippen molar-refractivity contribution in [2.45, 2.75) is 71.5 Å². The van der Waals surface area contributed by atoms with E-state index in [-0.39, 0.29) is 68.1 Å². The van der Waals surface area contributed by atoms with Gasteiger partial charge in [0.2, 0.25) is 17.7 Å². The van der Waals surface area contributed by atoms with Crippen LogP contribution in [0.5, 0.6) is 17.2 Å². The van der Waals surface area contributed by atoms with Gasteiger partial charge in [-0.3, -0.25) is 24.0 Å². The van der Waals surface area contributed by atoms with Crippen molar-refractivity contribution in [3.63, 3.8) is 0 Å². The molecule has 0 unspecified atom stereocenters. The van der Waals surface area contributed by atoms with Crippen molar-refractivity contribution in [2.24, 2.45) is 5.92 Å². The fourth-order valence-corrected chi connectivity index (χ4v) is 6.23. The quantitative estimate of drug-likeness (QED) is 0.280. The van der Waals surface area contributed by atoms with E-state index in [2.05, 4.69) is 26.4 Å². The van der Waals surface area contributed by atoms with Gasteiger partial charge in [0.05, 0.1) is 25.9 Å². The Bertz CT molecular complexity index is 1830. The molecule has 16 heteroatoms. The van der Waals surface area contributed by atoms with Gasteiger partial charge in [-0.1, -0.05) is 26.3 Å². The summed E-state index contributed by atoms with van der Waals surface area (Å²) in [5.74, 6) is 0.592. The van der Waals surface area contributed by atoms with Crippen LogP contribution in [-0.4, -0.2) is 95.7 Å². The highest BCUT2D eigenvalue weighted by molar-refractivity contribution is 5.99. The smallest absolute Gasteiger partial charge is 0.262 e. The molecule has 16 nitrogen and oxygen atoms in total. The van der Waals surface area contributed by atoms with Crippen LogP contribution in [0.1, 0.15) is 80.1 Å². The van der Waals surface area contributed by atoms with Crippen LogP contribution in [0.15, 0.2) is 36.4 Å². The second-order valence-electron chi connectivity index (χ2n) is 13.2. The van der Waals surface area contributed by atoms with Crippen molar-refractivity contribution in [3.05, 3.63) is 59.2 Å². The molecule has 1 aromatic heterocycles. The van der Waals surface area contributed by atoms with Crippen molar-refractivity contribution in [1.29, 1.82) is 0 Å². The van der Waals surface area contributed by atoms with Gasteiger partial charge in [-0.25, -0.2) is 9.67 Å². The van der Waals surface area contributed by atoms with Crippen molar-refractivity contribution in [1.82, 2.24) is 35.6 Å². The second-order valence-corrected chi connectivity index (χ2v) is 13.2. The monoisotopic (exact) mass is 732 g/mol. The fourth-order valence-electron chi connectivity index (χ4n) is 6.23. The van der Waals surface area contributed by atoms with Crippen LogP contribution >= 0.6 is 0 Å². The molecule has 0 bridgehead atoms. The number of carbonyl (C=O) groups is 5. The largest absolute Gasteiger partial charge is 0.493 e. The van der Waals surface area contributed by atoms with E-state index in [0.29, 0.717) is 72.4 Å². The van der Waals surface area contributed by atoms with Gasteiger partial charge in [-0.2, -0.15) is 5.10 Å². The molecule has 3 heterocycles. The third-order valence-corrected chi connectivity index (χ3v) is 9.31. The highest BCUT2D eigenvalue weighted by Crippen LogP contribution is 2.30. The van der Waals surface area contributed by atoms with Crippen LogP contribution in [0.4, 0.5) is 5.69 Å². The Morgan fingerprint density at radius 1 is 0.981 bits per heavy atom. The second kappa shape index (κ2) is 17.7. The van der Waals surface area contributed by atoms with Crippen molar-refractivity contribution in [2.75, 3.05) is 45.8 Å². The minimum absolute atomic E-state index is 0.0868. The Balaban J connectivity index is 1.38. The van der Waals surface area contributed by atoms with Gasteiger partial charge in [-0.15, -0.1) is 0 Å². The van der Waals surface area contributed by atoms with Crippen LogP contribution in [0.3, 0.4) is 0 Å². The SMILES string of the molecule is CC[C@H](C)[C@@H]1NC(=O)CCCN(C(=O)c2ccc3c(c2)OCC(=O)N3)CCCNC(=O)Cn2nc(Cc3ccc(OC)c(OC)c3)nc2[C@@H](C)NC1=O. The Hall–Kier alpha value is -5.67. The molecule has 5 rings (SSSR count). The first-order valence-electron chi connectivity index (χ1n) is 17.9. The van der Waals surface area contributed by atoms with Crippen LogP contribution in [0.2, 0.25) is 0 Å². The molecule has 284 valence electrons. The van der Waals surface area contributed by atoms with Crippen LogP contribution in [0, 0.1) is 5.92 Å². The van der Waals surface area contributed by atoms with E-state index in [1.54, 1.807) is 50.3 Å². The van der Waals surface area contributed by atoms with E-state index < -0.39 is 12.1 Å². The summed E-state index contributed by atoms with van der Waals surface area (Å²) in [6.07, 6.45) is 1.83. The molecule has 0 aliphatic carbocycles. The number of nitrogens with zero attached hydrogens (tertiary/aromatic N) is 4. The van der Waals surface area contributed by atoms with Gasteiger partial charge in [0, 0.05) is 38.0 Å². The van der Waals surface area contributed by atoms with Crippen molar-refractivity contribution in [3.8, 4) is 17.2 Å². The molecule has 4 N–H and O–H groups in total. The van der Waals surface area contributed by atoms with Gasteiger partial charge >= 0.3 is 0 Å². The third kappa shape index (κ3) is 9.81. The molecule has 0 fully saturated rings. The molecule has 5 amide bonds. The number of nitrogens with one attached hydrogen (secondary N) is 4. The molecule has 53 heavy (non-hydrogen) atoms. The summed E-state index contributed by atoms with van der Waals surface area (Å²) in [5, 5.41) is 16.2. The summed E-state index contributed by atoms with van der Waals surface area (Å²) in [6.45, 7) is 6.13. The molecule has 0 spiro atoms. The standard InChI is InChI=1S/C37H48N8O8/c1-6-22(2)34-36(49)39-23(3)35-41-30(18-24-10-13-27(51-4)29(17-24)52-5)43-45(35)20-32(47)38-14-8-16-44(15-7-9-31(46)42-34)37(50)25-11-12-26-28(19-25)53-21-33(48)40-26/h10-13,17,19,22-23,34H,6-9,14-16,18,20-21H2,1-5H3,(H,38,47)(H,39,49)(H,40,48)(H,42,46)/t22-,23+,34-/m0/s1. The number of amides is 5. The van der Waals surface area contributed by atoms with E-state index >= 15 is 0 Å². The van der Waals surface area contributed by atoms with Gasteiger partial charge in [-0.05, 0) is 61.6 Å². The predicted octanol–water partition coefficient (Wildman–Crippen LogP) is 2.37. The fraction of sp³-hybridized carbons (Fsp3) is 0.486. The van der Waals surface area contributed by atoms with Crippen LogP contribution in [0.25, 0.3) is 0 Å². The number of aromatic nitrogens is 3. The number of carbonyl (C=O) groups excluding carboxylic acids is 5. The Morgan fingerprint density at radius 3 is 2.51 bits per heavy atom. The van der Waals surface area contributed by atoms with Crippen LogP contribution in [-0.2, 0) is 32.1 Å². The Labute approximate surface area is 308 Å². The molecule has 0 saturated heterocycles. The lowest BCUT2D eigenvalue weighted by molar-refractivity contribution is -0.130. The minimum atomic E-state index is -0.826. The first-order chi connectivity index (χ1) is 25.5. The molecule has 2 aliphatic rings. The van der Waals surface area contributed by atoms with Crippen molar-refractivity contribution < 1.29 is 38.2 Å². The van der Waals surface area contributed by atoms with Gasteiger partial charge in [0.1, 0.15) is 24.2 Å². The summed E-state index contributed by atoms with van der Waals surface area (Å²) >= 11 is 0. The van der Waals surface area contributed by atoms with Crippen molar-refractivity contribution >= 4 is 35.2 Å². The van der Waals surface area contributed by atoms with Crippen LogP contribution < -0.4 is 35.5 Å². The molecule has 3 aromatic rings. The average molecular weight is 733 g/mol. The van der Waals surface area contributed by atoms with E-state index in [9.17, 15) is 24.0 Å². The number of methoxy groups -OCH3 is 2. The summed E-state index contributed by atoms with van der Waals surface area (Å²) in [7, 11) is 3.11. The number of benzene rings is 2. The zero-order chi connectivity index (χ0) is 38.1. The summed E-state index contributed by atoms with van der Waals surface area (Å²) in [5.41, 5.74) is 1.70. The number of ether oxygens (including phenoxy) is 3. The lowest BCUT2D eigenvalue weighted by Gasteiger charge is -2.26. The van der Waals surface area contributed by atoms with Gasteiger partial charge < -0.3 is 40.4 Å². The molecular weight excluding hydrogens is 684 g/mol. The van der Waals surface area contributed by atoms with E-state index in [1.165, 1.54) is 4.68 Å². The predicted molar refractivity (Wildman–Crippen MR) is 194 cm³/mol. The number of hydrogen-bond donors (Lipinski definition) is 4. The topological polar surface area (TPSA) is 195 Å². The molecule has 0 saturated carbocycles. The average Bonchev–Trinajstić information content (AvgIpc) is 3.54. The first-order valence-corrected chi connectivity index (χ1v) is 17.9. The highest BCUT2D eigenvalue weighted by Gasteiger charge is 2.29. The first kappa shape index (κ1) is 38.6. The maximum absolute atomic E-state index is 13.7. The molecule has 2 aliphatic heterocycles. The molecule has 0 radical (unpaired) electrons. The number of anilines is 1. The maximum Gasteiger partial charge on any atom is 0.262 e. The third-order valence-electron chi connectivity index (χ3n) is 9.31. The highest BCUT2D eigenvalue weighted by atomic mass is 16.5. The summed E-state index contributed by atoms with van der Waals surface area (Å²) in [4.78, 5) is 72.0. The van der Waals surface area contributed by atoms with E-state index in [1.807, 2.05) is 26.0 Å². The summed E-state index contributed by atoms with van der Waals surface area (Å²) in [6, 6.07) is 8.84. The van der Waals surface area contributed by atoms with Gasteiger partial charge in [0.25, 0.3) is 11.8 Å². The molecular formula is C37H48N8O8. The lowest BCUT2D eigenvalue weighted by atomic mass is 9.97. The van der Waals surface area contributed by atoms with E-state index in [4.69, 9.17) is 19.2 Å². The Morgan fingerprint density at radius 2 is 1.75 bits per heavy atom. The zero-order valence-corrected chi connectivity index (χ0v) is 30.8. The molecule has 2 aromatic carbocycles. The normalized spacial score (nSPS) is 19.5. The number of fused-ring (bicyclic) bond motifs is 2. The number of rotatable bonds is 7. The zero-order valence-electron chi connectivity index (χ0n) is 30.8. The van der Waals surface area contributed by atoms with Gasteiger partial charge in [0.15, 0.2) is 23.9 Å². The number of hydrogen-bond acceptors (Lipinski definition) is 10. The maximum atomic E-state index is 13.7.